The highest BCUT2D eigenvalue weighted by atomic mass is 16.5. The number of hydrogen-bond acceptors (Lipinski definition) is 6. The van der Waals surface area contributed by atoms with Gasteiger partial charge in [0.15, 0.2) is 0 Å². The third-order valence-electron chi connectivity index (χ3n) is 11.2. The van der Waals surface area contributed by atoms with Crippen LogP contribution in [-0.4, -0.2) is 46.3 Å². The van der Waals surface area contributed by atoms with Crippen LogP contribution in [-0.2, 0) is 19.1 Å². The minimum absolute atomic E-state index is 0.00664. The molecule has 2 N–H and O–H groups in total. The second kappa shape index (κ2) is 14.8. The van der Waals surface area contributed by atoms with Gasteiger partial charge in [0, 0.05) is 59.7 Å². The Kier molecular flexibility index (Phi) is 13.0. The summed E-state index contributed by atoms with van der Waals surface area (Å²) in [6, 6.07) is 0. The lowest BCUT2D eigenvalue weighted by molar-refractivity contribution is -0.160. The lowest BCUT2D eigenvalue weighted by Gasteiger charge is -2.52. The normalized spacial score (nSPS) is 38.1. The van der Waals surface area contributed by atoms with Crippen molar-refractivity contribution in [2.75, 3.05) is 0 Å². The minimum Gasteiger partial charge on any atom is -0.462 e. The molecule has 2 saturated heterocycles. The fraction of sp³-hybridized carbons (Fsp3) is 0.941. The Labute approximate surface area is 246 Å². The molecule has 40 heavy (non-hydrogen) atoms. The Morgan fingerprint density at radius 1 is 0.600 bits per heavy atom. The van der Waals surface area contributed by atoms with Crippen LogP contribution in [0.1, 0.15) is 159 Å². The van der Waals surface area contributed by atoms with Gasteiger partial charge in [-0.1, -0.05) is 67.2 Å². The molecule has 0 aromatic carbocycles. The molecule has 2 rings (SSSR count). The van der Waals surface area contributed by atoms with Crippen molar-refractivity contribution < 1.29 is 19.1 Å². The lowest BCUT2D eigenvalue weighted by atomic mass is 9.70. The van der Waals surface area contributed by atoms with Gasteiger partial charge in [-0.2, -0.15) is 0 Å². The predicted molar refractivity (Wildman–Crippen MR) is 165 cm³/mol. The van der Waals surface area contributed by atoms with Gasteiger partial charge in [0.05, 0.1) is 0 Å². The summed E-state index contributed by atoms with van der Waals surface area (Å²) >= 11 is 0. The zero-order chi connectivity index (χ0) is 30.2. The van der Waals surface area contributed by atoms with Crippen LogP contribution < -0.4 is 10.6 Å². The van der Waals surface area contributed by atoms with Crippen LogP contribution in [0.3, 0.4) is 0 Å². The van der Waals surface area contributed by atoms with Crippen LogP contribution in [0.2, 0.25) is 0 Å². The molecule has 2 aliphatic heterocycles. The first-order chi connectivity index (χ1) is 18.7. The number of rotatable bonds is 15. The molecule has 2 fully saturated rings. The molecule has 0 saturated carbocycles. The van der Waals surface area contributed by atoms with Crippen molar-refractivity contribution in [1.29, 1.82) is 0 Å². The van der Waals surface area contributed by atoms with Crippen molar-refractivity contribution in [2.45, 2.75) is 193 Å². The van der Waals surface area contributed by atoms with E-state index in [4.69, 9.17) is 9.47 Å². The Balaban J connectivity index is 1.64. The van der Waals surface area contributed by atoms with E-state index < -0.39 is 0 Å². The SMILES string of the molecule is CCC1(C)CC(OC(=O)CCCCCCCCC(=O)OC2CC(C)(CC)NC(C)(CC)C2C)C(C)C(C)(CC)N1. The van der Waals surface area contributed by atoms with E-state index in [2.05, 4.69) is 79.9 Å². The van der Waals surface area contributed by atoms with E-state index >= 15 is 0 Å². The molecule has 0 amide bonds. The van der Waals surface area contributed by atoms with Crippen molar-refractivity contribution in [2.24, 2.45) is 11.8 Å². The first kappa shape index (κ1) is 35.1. The third-order valence-corrected chi connectivity index (χ3v) is 11.2. The summed E-state index contributed by atoms with van der Waals surface area (Å²) < 4.78 is 12.1. The largest absolute Gasteiger partial charge is 0.462 e. The quantitative estimate of drug-likeness (QED) is 0.156. The first-order valence-corrected chi connectivity index (χ1v) is 16.7. The number of ether oxygens (including phenoxy) is 2. The Morgan fingerprint density at radius 2 is 0.925 bits per heavy atom. The van der Waals surface area contributed by atoms with Crippen molar-refractivity contribution in [1.82, 2.24) is 10.6 Å². The molecule has 2 heterocycles. The summed E-state index contributed by atoms with van der Waals surface area (Å²) in [5.41, 5.74) is -0.0176. The van der Waals surface area contributed by atoms with E-state index in [0.717, 1.165) is 77.0 Å². The fourth-order valence-corrected chi connectivity index (χ4v) is 7.05. The van der Waals surface area contributed by atoms with E-state index in [1.165, 1.54) is 0 Å². The summed E-state index contributed by atoms with van der Waals surface area (Å²) in [5.74, 6) is 0.476. The number of carbonyl (C=O) groups excluding carboxylic acids is 2. The van der Waals surface area contributed by atoms with Crippen molar-refractivity contribution >= 4 is 11.9 Å². The second-order valence-corrected chi connectivity index (χ2v) is 14.3. The van der Waals surface area contributed by atoms with E-state index in [9.17, 15) is 9.59 Å². The van der Waals surface area contributed by atoms with Gasteiger partial charge in [0.1, 0.15) is 12.2 Å². The van der Waals surface area contributed by atoms with E-state index in [-0.39, 0.29) is 58.1 Å². The third kappa shape index (κ3) is 9.18. The molecule has 0 radical (unpaired) electrons. The number of carbonyl (C=O) groups is 2. The summed E-state index contributed by atoms with van der Waals surface area (Å²) in [7, 11) is 0. The first-order valence-electron chi connectivity index (χ1n) is 16.7. The molecule has 8 unspecified atom stereocenters. The lowest BCUT2D eigenvalue weighted by Crippen LogP contribution is -2.66. The average Bonchev–Trinajstić information content (AvgIpc) is 2.91. The minimum atomic E-state index is -0.0520. The van der Waals surface area contributed by atoms with E-state index in [1.54, 1.807) is 0 Å². The second-order valence-electron chi connectivity index (χ2n) is 14.3. The van der Waals surface area contributed by atoms with E-state index in [1.807, 2.05) is 0 Å². The van der Waals surface area contributed by atoms with Crippen LogP contribution in [0.5, 0.6) is 0 Å². The Morgan fingerprint density at radius 3 is 1.23 bits per heavy atom. The van der Waals surface area contributed by atoms with E-state index in [0.29, 0.717) is 12.8 Å². The molecule has 6 heteroatoms. The van der Waals surface area contributed by atoms with Crippen LogP contribution in [0, 0.1) is 11.8 Å². The molecule has 6 nitrogen and oxygen atoms in total. The number of piperidine rings is 2. The molecule has 8 atom stereocenters. The molecule has 0 aliphatic carbocycles. The Hall–Kier alpha value is -1.14. The standard InChI is InChI=1S/C34H64N2O4/c1-11-31(7)23-27(25(5)33(9,13-3)35-31)39-29(37)21-19-17-15-16-18-20-22-30(38)40-28-24-32(8,12-2)36-34(10,14-4)26(28)6/h25-28,35-36H,11-24H2,1-10H3. The molecule has 0 bridgehead atoms. The van der Waals surface area contributed by atoms with Crippen LogP contribution in [0.4, 0.5) is 0 Å². The molecule has 234 valence electrons. The Bertz CT molecular complexity index is 754. The smallest absolute Gasteiger partial charge is 0.306 e. The summed E-state index contributed by atoms with van der Waals surface area (Å²) in [6.07, 6.45) is 12.7. The molecular formula is C34H64N2O4. The van der Waals surface area contributed by atoms with Gasteiger partial charge in [-0.05, 0) is 66.2 Å². The average molecular weight is 565 g/mol. The summed E-state index contributed by atoms with van der Waals surface area (Å²) in [5, 5.41) is 7.71. The summed E-state index contributed by atoms with van der Waals surface area (Å²) in [4.78, 5) is 25.3. The highest BCUT2D eigenvalue weighted by Gasteiger charge is 2.49. The van der Waals surface area contributed by atoms with Crippen LogP contribution in [0.25, 0.3) is 0 Å². The predicted octanol–water partition coefficient (Wildman–Crippen LogP) is 7.86. The van der Waals surface area contributed by atoms with Gasteiger partial charge in [-0.25, -0.2) is 0 Å². The zero-order valence-corrected chi connectivity index (χ0v) is 27.8. The maximum atomic E-state index is 12.7. The van der Waals surface area contributed by atoms with Crippen molar-refractivity contribution in [3.8, 4) is 0 Å². The highest BCUT2D eigenvalue weighted by molar-refractivity contribution is 5.70. The summed E-state index contributed by atoms with van der Waals surface area (Å²) in [6.45, 7) is 22.3. The highest BCUT2D eigenvalue weighted by Crippen LogP contribution is 2.40. The number of nitrogens with one attached hydrogen (secondary N) is 2. The molecule has 2 aliphatic rings. The molecular weight excluding hydrogens is 500 g/mol. The number of esters is 2. The topological polar surface area (TPSA) is 76.7 Å². The monoisotopic (exact) mass is 564 g/mol. The maximum absolute atomic E-state index is 12.7. The van der Waals surface area contributed by atoms with Gasteiger partial charge in [-0.15, -0.1) is 0 Å². The zero-order valence-electron chi connectivity index (χ0n) is 27.8. The molecule has 0 spiro atoms. The molecule has 0 aromatic heterocycles. The van der Waals surface area contributed by atoms with Gasteiger partial charge in [-0.3, -0.25) is 9.59 Å². The van der Waals surface area contributed by atoms with Gasteiger partial charge in [0.2, 0.25) is 0 Å². The van der Waals surface area contributed by atoms with Gasteiger partial charge < -0.3 is 20.1 Å². The van der Waals surface area contributed by atoms with Crippen molar-refractivity contribution in [3.63, 3.8) is 0 Å². The number of hydrogen-bond donors (Lipinski definition) is 2. The maximum Gasteiger partial charge on any atom is 0.306 e. The molecule has 0 aromatic rings. The van der Waals surface area contributed by atoms with Crippen molar-refractivity contribution in [3.05, 3.63) is 0 Å². The fourth-order valence-electron chi connectivity index (χ4n) is 7.05. The van der Waals surface area contributed by atoms with Crippen LogP contribution >= 0.6 is 0 Å². The number of unbranched alkanes of at least 4 members (excludes halogenated alkanes) is 5. The van der Waals surface area contributed by atoms with Crippen LogP contribution in [0.15, 0.2) is 0 Å². The van der Waals surface area contributed by atoms with Gasteiger partial charge in [0.25, 0.3) is 0 Å². The van der Waals surface area contributed by atoms with Gasteiger partial charge >= 0.3 is 11.9 Å².